The number of nitrogens with zero attached hydrogens (tertiary/aromatic N) is 1. The molecule has 0 atom stereocenters. The smallest absolute Gasteiger partial charge is 0.444 e. The summed E-state index contributed by atoms with van der Waals surface area (Å²) in [6.07, 6.45) is 0. The summed E-state index contributed by atoms with van der Waals surface area (Å²) in [7, 11) is 0. The van der Waals surface area contributed by atoms with Gasteiger partial charge in [0, 0.05) is 0 Å². The van der Waals surface area contributed by atoms with Crippen LogP contribution >= 0.6 is 0 Å². The summed E-state index contributed by atoms with van der Waals surface area (Å²) in [5.74, 6) is 0. The number of aryl methyl sites for hydroxylation is 1. The molecule has 1 N–H and O–H groups in total. The Labute approximate surface area is 61.9 Å². The molecular weight excluding hydrogens is 156 g/mol. The molecule has 0 aromatic carbocycles. The number of hydrogen-bond donors (Lipinski definition) is 1. The summed E-state index contributed by atoms with van der Waals surface area (Å²) in [5.41, 5.74) is -0.0980. The fraction of sp³-hybridized carbons (Fsp3) is 0.400. The number of hydrogen-bond acceptors (Lipinski definition) is 1. The summed E-state index contributed by atoms with van der Waals surface area (Å²) >= 11 is 0. The number of aromatic nitrogens is 2. The second kappa shape index (κ2) is 2.28. The third-order valence-electron chi connectivity index (χ3n) is 1.62. The maximum Gasteiger partial charge on any atom is 0.527 e. The fourth-order valence-electron chi connectivity index (χ4n) is 0.825. The van der Waals surface area contributed by atoms with Gasteiger partial charge in [-0.2, -0.15) is 5.10 Å². The zero-order chi connectivity index (χ0) is 8.65. The van der Waals surface area contributed by atoms with Gasteiger partial charge in [-0.25, -0.2) is 0 Å². The lowest BCUT2D eigenvalue weighted by Crippen LogP contribution is -2.37. The van der Waals surface area contributed by atoms with Crippen molar-refractivity contribution in [2.45, 2.75) is 13.8 Å². The van der Waals surface area contributed by atoms with Crippen LogP contribution in [0.15, 0.2) is 0 Å². The topological polar surface area (TPSA) is 28.7 Å². The largest absolute Gasteiger partial charge is 0.527 e. The Balaban J connectivity index is 3.15. The summed E-state index contributed by atoms with van der Waals surface area (Å²) in [5, 5.41) is 5.42. The lowest BCUT2D eigenvalue weighted by molar-refractivity contribution is 0.497. The predicted molar refractivity (Wildman–Crippen MR) is 36.8 cm³/mol. The third-order valence-corrected chi connectivity index (χ3v) is 1.62. The van der Waals surface area contributed by atoms with Gasteiger partial charge in [0.05, 0.1) is 5.69 Å². The number of halogens is 3. The van der Waals surface area contributed by atoms with Crippen molar-refractivity contribution in [2.75, 3.05) is 0 Å². The quantitative estimate of drug-likeness (QED) is 0.616. The van der Waals surface area contributed by atoms with Crippen molar-refractivity contribution in [2.24, 2.45) is 0 Å². The van der Waals surface area contributed by atoms with Crippen molar-refractivity contribution >= 4 is 12.6 Å². The Kier molecular flexibility index (Phi) is 1.70. The van der Waals surface area contributed by atoms with Crippen molar-refractivity contribution in [1.82, 2.24) is 10.2 Å². The first-order valence-corrected chi connectivity index (χ1v) is 3.14. The van der Waals surface area contributed by atoms with E-state index >= 15 is 0 Å². The maximum absolute atomic E-state index is 12.1. The highest BCUT2D eigenvalue weighted by atomic mass is 19.4. The van der Waals surface area contributed by atoms with Crippen LogP contribution in [-0.2, 0) is 0 Å². The Morgan fingerprint density at radius 1 is 1.27 bits per heavy atom. The summed E-state index contributed by atoms with van der Waals surface area (Å²) in [6.45, 7) is -1.98. The molecule has 1 aromatic rings. The standard InChI is InChI=1S/C5H7BF3N2/c1-3-4(2)10-11-5(3)6(7,8)9/h1-2H3,(H,10,11)/q-1. The third kappa shape index (κ3) is 1.39. The van der Waals surface area contributed by atoms with Crippen molar-refractivity contribution < 1.29 is 12.9 Å². The van der Waals surface area contributed by atoms with E-state index in [9.17, 15) is 12.9 Å². The van der Waals surface area contributed by atoms with E-state index in [0.717, 1.165) is 0 Å². The van der Waals surface area contributed by atoms with E-state index in [1.54, 1.807) is 0 Å². The molecule has 0 bridgehead atoms. The molecule has 1 rings (SSSR count). The van der Waals surface area contributed by atoms with Crippen LogP contribution in [0.4, 0.5) is 12.9 Å². The van der Waals surface area contributed by atoms with Crippen LogP contribution in [-0.4, -0.2) is 17.2 Å². The minimum Gasteiger partial charge on any atom is -0.444 e. The summed E-state index contributed by atoms with van der Waals surface area (Å²) in [4.78, 5) is 0. The van der Waals surface area contributed by atoms with Gasteiger partial charge in [0.1, 0.15) is 0 Å². The van der Waals surface area contributed by atoms with E-state index in [1.807, 2.05) is 5.10 Å². The number of aromatic amines is 1. The first-order valence-electron chi connectivity index (χ1n) is 3.14. The van der Waals surface area contributed by atoms with E-state index in [4.69, 9.17) is 0 Å². The average Bonchev–Trinajstić information content (AvgIpc) is 2.11. The number of nitrogens with one attached hydrogen (secondary N) is 1. The first-order chi connectivity index (χ1) is 4.93. The van der Waals surface area contributed by atoms with Gasteiger partial charge in [-0.15, -0.1) is 0 Å². The van der Waals surface area contributed by atoms with Gasteiger partial charge in [-0.3, -0.25) is 0 Å². The second-order valence-corrected chi connectivity index (χ2v) is 2.42. The molecular formula is C5H7BF3N2-. The molecule has 62 valence electrons. The highest BCUT2D eigenvalue weighted by molar-refractivity contribution is 6.73. The highest BCUT2D eigenvalue weighted by Crippen LogP contribution is 2.11. The van der Waals surface area contributed by atoms with Gasteiger partial charge in [-0.1, -0.05) is 0 Å². The highest BCUT2D eigenvalue weighted by Gasteiger charge is 2.30. The number of rotatable bonds is 1. The van der Waals surface area contributed by atoms with Crippen LogP contribution in [0.5, 0.6) is 0 Å². The summed E-state index contributed by atoms with van der Waals surface area (Å²) < 4.78 is 36.2. The van der Waals surface area contributed by atoms with E-state index in [2.05, 4.69) is 5.10 Å². The SMILES string of the molecule is Cc1n[nH]c([B-](F)(F)F)c1C. The monoisotopic (exact) mass is 163 g/mol. The van der Waals surface area contributed by atoms with Gasteiger partial charge in [0.15, 0.2) is 0 Å². The maximum atomic E-state index is 12.1. The molecule has 0 saturated carbocycles. The zero-order valence-corrected chi connectivity index (χ0v) is 6.16. The molecule has 2 nitrogen and oxygen atoms in total. The molecule has 0 aliphatic carbocycles. The van der Waals surface area contributed by atoms with Crippen LogP contribution in [0.3, 0.4) is 0 Å². The number of H-pyrrole nitrogens is 1. The molecule has 0 aliphatic heterocycles. The predicted octanol–water partition coefficient (Wildman–Crippen LogP) is 1.08. The van der Waals surface area contributed by atoms with Gasteiger partial charge < -0.3 is 18.0 Å². The normalized spacial score (nSPS) is 12.1. The van der Waals surface area contributed by atoms with Gasteiger partial charge >= 0.3 is 6.98 Å². The van der Waals surface area contributed by atoms with Gasteiger partial charge in [-0.05, 0) is 25.0 Å². The molecule has 0 radical (unpaired) electrons. The molecule has 0 saturated heterocycles. The van der Waals surface area contributed by atoms with E-state index < -0.39 is 12.6 Å². The molecule has 1 heterocycles. The van der Waals surface area contributed by atoms with Crippen molar-refractivity contribution in [3.8, 4) is 0 Å². The molecule has 0 unspecified atom stereocenters. The Hall–Kier alpha value is -0.935. The zero-order valence-electron chi connectivity index (χ0n) is 6.16. The lowest BCUT2D eigenvalue weighted by atomic mass is 9.83. The molecule has 1 aromatic heterocycles. The summed E-state index contributed by atoms with van der Waals surface area (Å²) in [6, 6.07) is 0. The molecule has 0 spiro atoms. The minimum atomic E-state index is -4.93. The van der Waals surface area contributed by atoms with Crippen LogP contribution < -0.4 is 5.59 Å². The lowest BCUT2D eigenvalue weighted by Gasteiger charge is -2.12. The molecule has 0 aliphatic rings. The minimum absolute atomic E-state index is 0.192. The van der Waals surface area contributed by atoms with Crippen molar-refractivity contribution in [3.05, 3.63) is 11.3 Å². The molecule has 0 amide bonds. The van der Waals surface area contributed by atoms with E-state index in [-0.39, 0.29) is 5.56 Å². The fourth-order valence-corrected chi connectivity index (χ4v) is 0.825. The molecule has 0 fully saturated rings. The first kappa shape index (κ1) is 8.16. The molecule has 6 heteroatoms. The Bertz CT molecular complexity index is 265. The second-order valence-electron chi connectivity index (χ2n) is 2.42. The van der Waals surface area contributed by atoms with Crippen molar-refractivity contribution in [3.63, 3.8) is 0 Å². The van der Waals surface area contributed by atoms with Crippen LogP contribution in [0.25, 0.3) is 0 Å². The van der Waals surface area contributed by atoms with E-state index in [1.165, 1.54) is 13.8 Å². The van der Waals surface area contributed by atoms with Crippen molar-refractivity contribution in [1.29, 1.82) is 0 Å². The van der Waals surface area contributed by atoms with E-state index in [0.29, 0.717) is 5.69 Å². The van der Waals surface area contributed by atoms with Crippen LogP contribution in [0.1, 0.15) is 11.3 Å². The molecule has 11 heavy (non-hydrogen) atoms. The van der Waals surface area contributed by atoms with Gasteiger partial charge in [0.25, 0.3) is 0 Å². The van der Waals surface area contributed by atoms with Crippen LogP contribution in [0.2, 0.25) is 0 Å². The van der Waals surface area contributed by atoms with Gasteiger partial charge in [0.2, 0.25) is 0 Å². The Morgan fingerprint density at radius 3 is 2.00 bits per heavy atom. The average molecular weight is 163 g/mol. The Morgan fingerprint density at radius 2 is 1.82 bits per heavy atom. The van der Waals surface area contributed by atoms with Crippen LogP contribution in [0, 0.1) is 13.8 Å².